The summed E-state index contributed by atoms with van der Waals surface area (Å²) < 4.78 is 15.1. The van der Waals surface area contributed by atoms with Crippen molar-refractivity contribution in [2.24, 2.45) is 0 Å². The van der Waals surface area contributed by atoms with E-state index in [1.165, 1.54) is 21.9 Å². The smallest absolute Gasteiger partial charge is 0.271 e. The lowest BCUT2D eigenvalue weighted by atomic mass is 10.1. The monoisotopic (exact) mass is 323 g/mol. The second-order valence-electron chi connectivity index (χ2n) is 5.53. The Kier molecular flexibility index (Phi) is 4.70. The normalized spacial score (nSPS) is 10.6. The molecule has 0 bridgehead atoms. The zero-order chi connectivity index (χ0) is 16.9. The van der Waals surface area contributed by atoms with Crippen LogP contribution < -0.4 is 5.32 Å². The molecule has 0 radical (unpaired) electrons. The average Bonchev–Trinajstić information content (AvgIpc) is 3.07. The van der Waals surface area contributed by atoms with E-state index in [9.17, 15) is 9.18 Å². The Morgan fingerprint density at radius 2 is 1.88 bits per heavy atom. The van der Waals surface area contributed by atoms with E-state index in [4.69, 9.17) is 0 Å². The number of halogens is 1. The van der Waals surface area contributed by atoms with Gasteiger partial charge in [-0.05, 0) is 42.7 Å². The summed E-state index contributed by atoms with van der Waals surface area (Å²) in [6.45, 7) is 2.57. The maximum atomic E-state index is 13.8. The number of aryl methyl sites for hydroxylation is 1. The van der Waals surface area contributed by atoms with Gasteiger partial charge in [-0.3, -0.25) is 4.79 Å². The molecule has 0 saturated heterocycles. The topological polar surface area (TPSA) is 46.9 Å². The fourth-order valence-corrected chi connectivity index (χ4v) is 2.51. The molecule has 1 N–H and O–H groups in total. The second-order valence-corrected chi connectivity index (χ2v) is 5.53. The largest absolute Gasteiger partial charge is 0.350 e. The highest BCUT2D eigenvalue weighted by Gasteiger charge is 2.11. The summed E-state index contributed by atoms with van der Waals surface area (Å²) in [5, 5.41) is 6.99. The molecule has 122 valence electrons. The molecule has 0 aliphatic carbocycles. The van der Waals surface area contributed by atoms with Gasteiger partial charge in [0.2, 0.25) is 0 Å². The highest BCUT2D eigenvalue weighted by molar-refractivity contribution is 5.92. The summed E-state index contributed by atoms with van der Waals surface area (Å²) in [5.41, 5.74) is 2.99. The molecule has 1 heterocycles. The van der Waals surface area contributed by atoms with Gasteiger partial charge in [0, 0.05) is 12.7 Å². The standard InChI is InChI=1S/C19H18FN3O/c1-14-6-2-3-7-15(14)10-12-21-19(24)17-11-13-23(22-17)18-9-5-4-8-16(18)20/h2-9,11,13H,10,12H2,1H3,(H,21,24). The number of aromatic nitrogens is 2. The predicted molar refractivity (Wildman–Crippen MR) is 90.7 cm³/mol. The molecular formula is C19H18FN3O. The van der Waals surface area contributed by atoms with Gasteiger partial charge in [-0.2, -0.15) is 5.10 Å². The van der Waals surface area contributed by atoms with Crippen LogP contribution in [0.4, 0.5) is 4.39 Å². The van der Waals surface area contributed by atoms with E-state index in [0.717, 1.165) is 6.42 Å². The maximum absolute atomic E-state index is 13.8. The van der Waals surface area contributed by atoms with Crippen LogP contribution >= 0.6 is 0 Å². The number of amides is 1. The van der Waals surface area contributed by atoms with Crippen molar-refractivity contribution in [2.45, 2.75) is 13.3 Å². The number of para-hydroxylation sites is 1. The quantitative estimate of drug-likeness (QED) is 0.783. The third kappa shape index (κ3) is 3.51. The van der Waals surface area contributed by atoms with E-state index in [2.05, 4.69) is 10.4 Å². The minimum absolute atomic E-state index is 0.265. The zero-order valence-electron chi connectivity index (χ0n) is 13.4. The third-order valence-corrected chi connectivity index (χ3v) is 3.86. The molecule has 3 aromatic rings. The van der Waals surface area contributed by atoms with Crippen LogP contribution in [-0.4, -0.2) is 22.2 Å². The van der Waals surface area contributed by atoms with E-state index in [1.807, 2.05) is 31.2 Å². The Hall–Kier alpha value is -2.95. The van der Waals surface area contributed by atoms with Crippen LogP contribution in [0.15, 0.2) is 60.8 Å². The third-order valence-electron chi connectivity index (χ3n) is 3.86. The summed E-state index contributed by atoms with van der Waals surface area (Å²) in [5.74, 6) is -0.647. The number of nitrogens with zero attached hydrogens (tertiary/aromatic N) is 2. The number of benzene rings is 2. The van der Waals surface area contributed by atoms with Gasteiger partial charge in [0.05, 0.1) is 0 Å². The molecule has 0 fully saturated rings. The molecule has 0 aliphatic heterocycles. The Bertz CT molecular complexity index is 857. The molecule has 1 amide bonds. The van der Waals surface area contributed by atoms with Crippen LogP contribution in [0.2, 0.25) is 0 Å². The van der Waals surface area contributed by atoms with Crippen molar-refractivity contribution >= 4 is 5.91 Å². The predicted octanol–water partition coefficient (Wildman–Crippen LogP) is 3.29. The SMILES string of the molecule is Cc1ccccc1CCNC(=O)c1ccn(-c2ccccc2F)n1. The van der Waals surface area contributed by atoms with Gasteiger partial charge in [0.1, 0.15) is 11.5 Å². The summed E-state index contributed by atoms with van der Waals surface area (Å²) in [6.07, 6.45) is 2.33. The molecular weight excluding hydrogens is 305 g/mol. The lowest BCUT2D eigenvalue weighted by molar-refractivity contribution is 0.0948. The Morgan fingerprint density at radius 1 is 1.12 bits per heavy atom. The Balaban J connectivity index is 1.62. The number of rotatable bonds is 5. The van der Waals surface area contributed by atoms with Crippen LogP contribution in [0.5, 0.6) is 0 Å². The summed E-state index contributed by atoms with van der Waals surface area (Å²) in [4.78, 5) is 12.2. The minimum atomic E-state index is -0.382. The van der Waals surface area contributed by atoms with Crippen molar-refractivity contribution in [3.8, 4) is 5.69 Å². The summed E-state index contributed by atoms with van der Waals surface area (Å²) in [7, 11) is 0. The molecule has 0 unspecified atom stereocenters. The van der Waals surface area contributed by atoms with Gasteiger partial charge in [0.25, 0.3) is 5.91 Å². The highest BCUT2D eigenvalue weighted by atomic mass is 19.1. The van der Waals surface area contributed by atoms with Gasteiger partial charge >= 0.3 is 0 Å². The highest BCUT2D eigenvalue weighted by Crippen LogP contribution is 2.12. The molecule has 0 aliphatic rings. The molecule has 4 nitrogen and oxygen atoms in total. The lowest BCUT2D eigenvalue weighted by Gasteiger charge is -2.06. The molecule has 24 heavy (non-hydrogen) atoms. The van der Waals surface area contributed by atoms with E-state index in [1.54, 1.807) is 30.5 Å². The molecule has 2 aromatic carbocycles. The second kappa shape index (κ2) is 7.08. The first-order chi connectivity index (χ1) is 11.6. The molecule has 0 atom stereocenters. The number of carbonyl (C=O) groups is 1. The van der Waals surface area contributed by atoms with Gasteiger partial charge in [0.15, 0.2) is 5.69 Å². The first-order valence-electron chi connectivity index (χ1n) is 7.78. The van der Waals surface area contributed by atoms with Crippen LogP contribution in [0.3, 0.4) is 0 Å². The van der Waals surface area contributed by atoms with Gasteiger partial charge < -0.3 is 5.32 Å². The zero-order valence-corrected chi connectivity index (χ0v) is 13.4. The van der Waals surface area contributed by atoms with E-state index >= 15 is 0 Å². The lowest BCUT2D eigenvalue weighted by Crippen LogP contribution is -2.26. The molecule has 0 spiro atoms. The van der Waals surface area contributed by atoms with Crippen LogP contribution in [-0.2, 0) is 6.42 Å². The molecule has 5 heteroatoms. The number of hydrogen-bond donors (Lipinski definition) is 1. The van der Waals surface area contributed by atoms with Gasteiger partial charge in [-0.15, -0.1) is 0 Å². The summed E-state index contributed by atoms with van der Waals surface area (Å²) >= 11 is 0. The number of nitrogens with one attached hydrogen (secondary N) is 1. The van der Waals surface area contributed by atoms with Crippen molar-refractivity contribution in [3.63, 3.8) is 0 Å². The Morgan fingerprint density at radius 3 is 2.67 bits per heavy atom. The van der Waals surface area contributed by atoms with E-state index < -0.39 is 0 Å². The summed E-state index contributed by atoms with van der Waals surface area (Å²) in [6, 6.07) is 16.0. The Labute approximate surface area is 139 Å². The van der Waals surface area contributed by atoms with Gasteiger partial charge in [-0.1, -0.05) is 36.4 Å². The molecule has 0 saturated carbocycles. The van der Waals surface area contributed by atoms with Crippen molar-refractivity contribution in [1.82, 2.24) is 15.1 Å². The van der Waals surface area contributed by atoms with Crippen LogP contribution in [0.25, 0.3) is 5.69 Å². The van der Waals surface area contributed by atoms with Crippen molar-refractivity contribution in [1.29, 1.82) is 0 Å². The van der Waals surface area contributed by atoms with Crippen LogP contribution in [0, 0.1) is 12.7 Å². The molecule has 3 rings (SSSR count). The number of hydrogen-bond acceptors (Lipinski definition) is 2. The maximum Gasteiger partial charge on any atom is 0.271 e. The average molecular weight is 323 g/mol. The first-order valence-corrected chi connectivity index (χ1v) is 7.78. The fraction of sp³-hybridized carbons (Fsp3) is 0.158. The molecule has 1 aromatic heterocycles. The fourth-order valence-electron chi connectivity index (χ4n) is 2.51. The van der Waals surface area contributed by atoms with Crippen molar-refractivity contribution in [2.75, 3.05) is 6.54 Å². The minimum Gasteiger partial charge on any atom is -0.350 e. The van der Waals surface area contributed by atoms with Crippen molar-refractivity contribution in [3.05, 3.63) is 83.4 Å². The van der Waals surface area contributed by atoms with E-state index in [-0.39, 0.29) is 17.4 Å². The van der Waals surface area contributed by atoms with E-state index in [0.29, 0.717) is 12.2 Å². The number of carbonyl (C=O) groups excluding carboxylic acids is 1. The van der Waals surface area contributed by atoms with Gasteiger partial charge in [-0.25, -0.2) is 9.07 Å². The van der Waals surface area contributed by atoms with Crippen molar-refractivity contribution < 1.29 is 9.18 Å². The first kappa shape index (κ1) is 15.9. The van der Waals surface area contributed by atoms with Crippen LogP contribution in [0.1, 0.15) is 21.6 Å².